The molecule has 3 unspecified atom stereocenters. The van der Waals surface area contributed by atoms with E-state index in [0.717, 1.165) is 31.8 Å². The number of rotatable bonds is 2. The Morgan fingerprint density at radius 3 is 2.81 bits per heavy atom. The van der Waals surface area contributed by atoms with Crippen LogP contribution in [0.15, 0.2) is 0 Å². The van der Waals surface area contributed by atoms with Gasteiger partial charge < -0.3 is 9.80 Å². The molecule has 3 aliphatic rings. The zero-order chi connectivity index (χ0) is 11.3. The van der Waals surface area contributed by atoms with Crippen molar-refractivity contribution in [2.24, 2.45) is 11.8 Å². The number of amides is 2. The Bertz CT molecular complexity index is 342. The zero-order valence-electron chi connectivity index (χ0n) is 9.69. The largest absolute Gasteiger partial charge is 0.331 e. The molecule has 1 saturated carbocycles. The van der Waals surface area contributed by atoms with Crippen LogP contribution in [0.5, 0.6) is 0 Å². The van der Waals surface area contributed by atoms with Crippen LogP contribution in [0.4, 0.5) is 0 Å². The highest BCUT2D eigenvalue weighted by molar-refractivity contribution is 5.95. The lowest BCUT2D eigenvalue weighted by Gasteiger charge is -2.36. The Kier molecular flexibility index (Phi) is 2.19. The van der Waals surface area contributed by atoms with E-state index in [-0.39, 0.29) is 17.9 Å². The fraction of sp³-hybridized carbons (Fsp3) is 0.833. The second kappa shape index (κ2) is 3.47. The van der Waals surface area contributed by atoms with Gasteiger partial charge in [-0.2, -0.15) is 0 Å². The predicted molar refractivity (Wildman–Crippen MR) is 58.6 cm³/mol. The fourth-order valence-corrected chi connectivity index (χ4v) is 2.96. The third-order valence-electron chi connectivity index (χ3n) is 4.23. The van der Waals surface area contributed by atoms with E-state index >= 15 is 0 Å². The molecule has 2 saturated heterocycles. The molecule has 2 heterocycles. The number of carbonyl (C=O) groups is 2. The average Bonchev–Trinajstić information content (AvgIpc) is 2.79. The molecule has 3 rings (SSSR count). The van der Waals surface area contributed by atoms with Gasteiger partial charge in [-0.15, -0.1) is 0 Å². The van der Waals surface area contributed by atoms with Gasteiger partial charge in [0, 0.05) is 13.1 Å². The molecule has 4 heteroatoms. The summed E-state index contributed by atoms with van der Waals surface area (Å²) < 4.78 is 0. The van der Waals surface area contributed by atoms with Gasteiger partial charge in [0.1, 0.15) is 6.04 Å². The first kappa shape index (κ1) is 10.1. The summed E-state index contributed by atoms with van der Waals surface area (Å²) >= 11 is 0. The minimum absolute atomic E-state index is 0.129. The Morgan fingerprint density at radius 2 is 2.12 bits per heavy atom. The summed E-state index contributed by atoms with van der Waals surface area (Å²) in [4.78, 5) is 27.6. The Morgan fingerprint density at radius 1 is 1.38 bits per heavy atom. The maximum Gasteiger partial charge on any atom is 0.245 e. The first-order valence-electron chi connectivity index (χ1n) is 6.25. The highest BCUT2D eigenvalue weighted by Crippen LogP contribution is 2.39. The molecule has 0 N–H and O–H groups in total. The number of fused-ring (bicyclic) bond motifs is 1. The first-order valence-corrected chi connectivity index (χ1v) is 6.25. The van der Waals surface area contributed by atoms with Crippen molar-refractivity contribution in [1.29, 1.82) is 0 Å². The van der Waals surface area contributed by atoms with Crippen LogP contribution in [0, 0.1) is 11.8 Å². The molecule has 3 atom stereocenters. The van der Waals surface area contributed by atoms with Gasteiger partial charge in [0.15, 0.2) is 0 Å². The molecule has 2 aliphatic heterocycles. The van der Waals surface area contributed by atoms with E-state index in [1.54, 1.807) is 9.80 Å². The van der Waals surface area contributed by atoms with Crippen LogP contribution >= 0.6 is 0 Å². The lowest BCUT2D eigenvalue weighted by molar-refractivity contribution is -0.153. The molecule has 0 aromatic heterocycles. The minimum Gasteiger partial charge on any atom is -0.331 e. The molecular formula is C12H18N2O2. The molecular weight excluding hydrogens is 204 g/mol. The molecule has 4 nitrogen and oxygen atoms in total. The van der Waals surface area contributed by atoms with Crippen LogP contribution in [0.3, 0.4) is 0 Å². The van der Waals surface area contributed by atoms with Crippen LogP contribution in [-0.4, -0.2) is 47.3 Å². The molecule has 0 aromatic carbocycles. The smallest absolute Gasteiger partial charge is 0.245 e. The number of hydrogen-bond acceptors (Lipinski definition) is 2. The van der Waals surface area contributed by atoms with E-state index in [1.807, 2.05) is 0 Å². The van der Waals surface area contributed by atoms with E-state index in [9.17, 15) is 9.59 Å². The molecule has 3 fully saturated rings. The van der Waals surface area contributed by atoms with E-state index in [4.69, 9.17) is 0 Å². The van der Waals surface area contributed by atoms with E-state index in [1.165, 1.54) is 6.42 Å². The summed E-state index contributed by atoms with van der Waals surface area (Å²) in [5.74, 6) is 1.72. The summed E-state index contributed by atoms with van der Waals surface area (Å²) in [6.07, 6.45) is 3.06. The topological polar surface area (TPSA) is 40.6 Å². The van der Waals surface area contributed by atoms with Gasteiger partial charge in [-0.1, -0.05) is 6.92 Å². The van der Waals surface area contributed by atoms with Crippen molar-refractivity contribution in [3.05, 3.63) is 0 Å². The number of piperazine rings is 1. The highest BCUT2D eigenvalue weighted by atomic mass is 16.2. The van der Waals surface area contributed by atoms with Gasteiger partial charge in [-0.25, -0.2) is 0 Å². The minimum atomic E-state index is -0.129. The number of hydrogen-bond donors (Lipinski definition) is 0. The summed E-state index contributed by atoms with van der Waals surface area (Å²) in [5, 5.41) is 0. The second-order valence-electron chi connectivity index (χ2n) is 5.44. The van der Waals surface area contributed by atoms with Crippen molar-refractivity contribution >= 4 is 11.8 Å². The standard InChI is InChI=1S/C12H18N2O2/c1-8-5-9(8)6-13-7-11(15)14-4-2-3-10(14)12(13)16/h8-10H,2-7H2,1H3. The van der Waals surface area contributed by atoms with Crippen molar-refractivity contribution in [2.75, 3.05) is 19.6 Å². The monoisotopic (exact) mass is 222 g/mol. The Hall–Kier alpha value is -1.06. The summed E-state index contributed by atoms with van der Waals surface area (Å²) in [5.41, 5.74) is 0. The van der Waals surface area contributed by atoms with Crippen LogP contribution in [0.2, 0.25) is 0 Å². The molecule has 0 bridgehead atoms. The number of nitrogens with zero attached hydrogens (tertiary/aromatic N) is 2. The lowest BCUT2D eigenvalue weighted by atomic mass is 10.1. The zero-order valence-corrected chi connectivity index (χ0v) is 9.69. The van der Waals surface area contributed by atoms with Gasteiger partial charge in [0.05, 0.1) is 6.54 Å². The van der Waals surface area contributed by atoms with Crippen LogP contribution in [-0.2, 0) is 9.59 Å². The maximum atomic E-state index is 12.2. The highest BCUT2D eigenvalue weighted by Gasteiger charge is 2.44. The molecule has 88 valence electrons. The van der Waals surface area contributed by atoms with Crippen molar-refractivity contribution in [3.8, 4) is 0 Å². The first-order chi connectivity index (χ1) is 7.66. The Balaban J connectivity index is 1.70. The van der Waals surface area contributed by atoms with Crippen LogP contribution < -0.4 is 0 Å². The van der Waals surface area contributed by atoms with Crippen LogP contribution in [0.25, 0.3) is 0 Å². The van der Waals surface area contributed by atoms with E-state index in [2.05, 4.69) is 6.92 Å². The third-order valence-corrected chi connectivity index (χ3v) is 4.23. The normalized spacial score (nSPS) is 37.9. The summed E-state index contributed by atoms with van der Waals surface area (Å²) in [7, 11) is 0. The lowest BCUT2D eigenvalue weighted by Crippen LogP contribution is -2.57. The van der Waals surface area contributed by atoms with Crippen molar-refractivity contribution in [3.63, 3.8) is 0 Å². The molecule has 16 heavy (non-hydrogen) atoms. The molecule has 1 aliphatic carbocycles. The van der Waals surface area contributed by atoms with Gasteiger partial charge in [0.2, 0.25) is 11.8 Å². The van der Waals surface area contributed by atoms with Crippen LogP contribution in [0.1, 0.15) is 26.2 Å². The predicted octanol–water partition coefficient (Wildman–Crippen LogP) is 0.476. The number of carbonyl (C=O) groups excluding carboxylic acids is 2. The van der Waals surface area contributed by atoms with Gasteiger partial charge >= 0.3 is 0 Å². The van der Waals surface area contributed by atoms with Gasteiger partial charge in [0.25, 0.3) is 0 Å². The average molecular weight is 222 g/mol. The van der Waals surface area contributed by atoms with Gasteiger partial charge in [-0.05, 0) is 31.1 Å². The third kappa shape index (κ3) is 1.51. The molecule has 0 spiro atoms. The molecule has 2 amide bonds. The van der Waals surface area contributed by atoms with Crippen molar-refractivity contribution in [2.45, 2.75) is 32.2 Å². The quantitative estimate of drug-likeness (QED) is 0.681. The fourth-order valence-electron chi connectivity index (χ4n) is 2.96. The summed E-state index contributed by atoms with van der Waals surface area (Å²) in [6.45, 7) is 4.11. The molecule has 0 aromatic rings. The van der Waals surface area contributed by atoms with Crippen molar-refractivity contribution < 1.29 is 9.59 Å². The van der Waals surface area contributed by atoms with E-state index in [0.29, 0.717) is 12.5 Å². The maximum absolute atomic E-state index is 12.2. The van der Waals surface area contributed by atoms with Crippen molar-refractivity contribution in [1.82, 2.24) is 9.80 Å². The Labute approximate surface area is 95.6 Å². The molecule has 0 radical (unpaired) electrons. The van der Waals surface area contributed by atoms with E-state index < -0.39 is 0 Å². The second-order valence-corrected chi connectivity index (χ2v) is 5.44. The SMILES string of the molecule is CC1CC1CN1CC(=O)N2CCCC2C1=O. The van der Waals surface area contributed by atoms with Gasteiger partial charge in [-0.3, -0.25) is 9.59 Å². The summed E-state index contributed by atoms with van der Waals surface area (Å²) in [6, 6.07) is -0.129.